The molecule has 2 N–H and O–H groups in total. The van der Waals surface area contributed by atoms with Crippen molar-refractivity contribution >= 4 is 28.6 Å². The van der Waals surface area contributed by atoms with Crippen molar-refractivity contribution in [3.05, 3.63) is 65.9 Å². The number of carbonyl (C=O) groups is 1. The monoisotopic (exact) mass is 392 g/mol. The molecule has 0 fully saturated rings. The van der Waals surface area contributed by atoms with Crippen LogP contribution in [0.25, 0.3) is 22.4 Å². The fourth-order valence-corrected chi connectivity index (χ4v) is 3.57. The van der Waals surface area contributed by atoms with Crippen LogP contribution in [0.15, 0.2) is 64.4 Å². The Morgan fingerprint density at radius 2 is 1.96 bits per heavy atom. The maximum Gasteiger partial charge on any atom is 0.277 e. The molecule has 2 heterocycles. The smallest absolute Gasteiger partial charge is 0.277 e. The number of H-pyrrole nitrogens is 1. The third-order valence-corrected chi connectivity index (χ3v) is 5.39. The molecule has 28 heavy (non-hydrogen) atoms. The third kappa shape index (κ3) is 3.94. The summed E-state index contributed by atoms with van der Waals surface area (Å²) in [5.41, 5.74) is 4.12. The zero-order valence-electron chi connectivity index (χ0n) is 15.6. The first-order valence-electron chi connectivity index (χ1n) is 9.00. The van der Waals surface area contributed by atoms with Gasteiger partial charge in [-0.05, 0) is 25.5 Å². The van der Waals surface area contributed by atoms with E-state index in [0.717, 1.165) is 22.0 Å². The molecule has 0 unspecified atom stereocenters. The Morgan fingerprint density at radius 1 is 1.18 bits per heavy atom. The molecule has 0 saturated carbocycles. The Labute approximate surface area is 166 Å². The van der Waals surface area contributed by atoms with Gasteiger partial charge in [0.05, 0.1) is 10.8 Å². The molecular formula is C21H20N4O2S. The van der Waals surface area contributed by atoms with E-state index in [4.69, 9.17) is 4.42 Å². The molecule has 6 nitrogen and oxygen atoms in total. The van der Waals surface area contributed by atoms with Gasteiger partial charge in [0.2, 0.25) is 5.91 Å². The zero-order chi connectivity index (χ0) is 19.5. The Hall–Kier alpha value is -3.06. The number of nitrogens with one attached hydrogen (secondary N) is 2. The van der Waals surface area contributed by atoms with E-state index in [1.165, 1.54) is 17.3 Å². The summed E-state index contributed by atoms with van der Waals surface area (Å²) in [7, 11) is 0. The lowest BCUT2D eigenvalue weighted by molar-refractivity contribution is -0.120. The van der Waals surface area contributed by atoms with Crippen molar-refractivity contribution in [1.82, 2.24) is 20.5 Å². The molecule has 2 aromatic carbocycles. The molecule has 0 aliphatic heterocycles. The van der Waals surface area contributed by atoms with Gasteiger partial charge in [0, 0.05) is 23.6 Å². The number of amides is 1. The van der Waals surface area contributed by atoms with Gasteiger partial charge in [0.25, 0.3) is 11.1 Å². The predicted octanol–water partition coefficient (Wildman–Crippen LogP) is 4.32. The van der Waals surface area contributed by atoms with Gasteiger partial charge in [-0.2, -0.15) is 0 Å². The fraction of sp³-hybridized carbons (Fsp3) is 0.190. The summed E-state index contributed by atoms with van der Waals surface area (Å²) in [4.78, 5) is 15.6. The van der Waals surface area contributed by atoms with Crippen LogP contribution < -0.4 is 5.32 Å². The molecule has 0 aliphatic rings. The number of aromatic nitrogens is 3. The molecule has 0 radical (unpaired) electrons. The van der Waals surface area contributed by atoms with Crippen molar-refractivity contribution in [1.29, 1.82) is 0 Å². The van der Waals surface area contributed by atoms with Crippen molar-refractivity contribution in [2.24, 2.45) is 0 Å². The number of fused-ring (bicyclic) bond motifs is 1. The Balaban J connectivity index is 1.39. The third-order valence-electron chi connectivity index (χ3n) is 4.46. The SMILES string of the molecule is Cc1ccc(CNC(=O)[C@H](C)Sc2nnc(-c3c[nH]c4ccccc34)o2)cc1. The maximum atomic E-state index is 12.4. The van der Waals surface area contributed by atoms with Crippen LogP contribution in [0.5, 0.6) is 0 Å². The van der Waals surface area contributed by atoms with Gasteiger partial charge >= 0.3 is 0 Å². The summed E-state index contributed by atoms with van der Waals surface area (Å²) < 4.78 is 5.77. The van der Waals surface area contributed by atoms with Gasteiger partial charge in [0.1, 0.15) is 0 Å². The highest BCUT2D eigenvalue weighted by Gasteiger charge is 2.19. The van der Waals surface area contributed by atoms with Crippen molar-refractivity contribution in [2.45, 2.75) is 30.9 Å². The molecule has 0 aliphatic carbocycles. The lowest BCUT2D eigenvalue weighted by atomic mass is 10.1. The number of aromatic amines is 1. The first-order chi connectivity index (χ1) is 13.6. The second-order valence-electron chi connectivity index (χ2n) is 6.58. The van der Waals surface area contributed by atoms with Gasteiger partial charge in [-0.1, -0.05) is 59.8 Å². The predicted molar refractivity (Wildman–Crippen MR) is 110 cm³/mol. The van der Waals surface area contributed by atoms with Crippen molar-refractivity contribution < 1.29 is 9.21 Å². The Morgan fingerprint density at radius 3 is 2.79 bits per heavy atom. The Bertz CT molecular complexity index is 1100. The van der Waals surface area contributed by atoms with Crippen LogP contribution in [0.4, 0.5) is 0 Å². The van der Waals surface area contributed by atoms with E-state index < -0.39 is 0 Å². The highest BCUT2D eigenvalue weighted by molar-refractivity contribution is 8.00. The van der Waals surface area contributed by atoms with E-state index >= 15 is 0 Å². The molecule has 0 spiro atoms. The van der Waals surface area contributed by atoms with Crippen molar-refractivity contribution in [3.8, 4) is 11.5 Å². The number of nitrogens with zero attached hydrogens (tertiary/aromatic N) is 2. The van der Waals surface area contributed by atoms with Crippen LogP contribution in [0.2, 0.25) is 0 Å². The van der Waals surface area contributed by atoms with Crippen molar-refractivity contribution in [3.63, 3.8) is 0 Å². The summed E-state index contributed by atoms with van der Waals surface area (Å²) in [5, 5.41) is 12.2. The van der Waals surface area contributed by atoms with Crippen LogP contribution >= 0.6 is 11.8 Å². The molecule has 1 amide bonds. The zero-order valence-corrected chi connectivity index (χ0v) is 16.4. The molecule has 4 aromatic rings. The van der Waals surface area contributed by atoms with Gasteiger partial charge in [-0.3, -0.25) is 4.79 Å². The number of benzene rings is 2. The largest absolute Gasteiger partial charge is 0.411 e. The molecule has 4 rings (SSSR count). The maximum absolute atomic E-state index is 12.4. The molecule has 0 saturated heterocycles. The number of hydrogen-bond donors (Lipinski definition) is 2. The van der Waals surface area contributed by atoms with E-state index in [1.54, 1.807) is 0 Å². The van der Waals surface area contributed by atoms with Gasteiger partial charge < -0.3 is 14.7 Å². The minimum absolute atomic E-state index is 0.0718. The minimum atomic E-state index is -0.346. The summed E-state index contributed by atoms with van der Waals surface area (Å²) in [6, 6.07) is 16.0. The average molecular weight is 392 g/mol. The molecule has 2 aromatic heterocycles. The second-order valence-corrected chi connectivity index (χ2v) is 7.88. The summed E-state index contributed by atoms with van der Waals surface area (Å²) >= 11 is 1.25. The first kappa shape index (κ1) is 18.3. The number of thioether (sulfide) groups is 1. The topological polar surface area (TPSA) is 83.8 Å². The summed E-state index contributed by atoms with van der Waals surface area (Å²) in [5.74, 6) is 0.365. The van der Waals surface area contributed by atoms with Crippen molar-refractivity contribution in [2.75, 3.05) is 0 Å². The molecular weight excluding hydrogens is 372 g/mol. The summed E-state index contributed by atoms with van der Waals surface area (Å²) in [6.07, 6.45) is 1.85. The van der Waals surface area contributed by atoms with E-state index in [2.05, 4.69) is 20.5 Å². The molecule has 0 bridgehead atoms. The van der Waals surface area contributed by atoms with Crippen LogP contribution in [-0.4, -0.2) is 26.3 Å². The molecule has 7 heteroatoms. The van der Waals surface area contributed by atoms with E-state index in [-0.39, 0.29) is 11.2 Å². The van der Waals surface area contributed by atoms with Crippen LogP contribution in [0.3, 0.4) is 0 Å². The molecule has 1 atom stereocenters. The number of aryl methyl sites for hydroxylation is 1. The minimum Gasteiger partial charge on any atom is -0.411 e. The molecule has 142 valence electrons. The Kier molecular flexibility index (Phi) is 5.16. The number of hydrogen-bond acceptors (Lipinski definition) is 5. The second kappa shape index (κ2) is 7.90. The number of para-hydroxylation sites is 1. The van der Waals surface area contributed by atoms with Gasteiger partial charge in [0.15, 0.2) is 0 Å². The summed E-state index contributed by atoms with van der Waals surface area (Å²) in [6.45, 7) is 4.36. The van der Waals surface area contributed by atoms with Crippen LogP contribution in [0.1, 0.15) is 18.1 Å². The van der Waals surface area contributed by atoms with E-state index in [1.807, 2.05) is 68.6 Å². The van der Waals surface area contributed by atoms with E-state index in [9.17, 15) is 4.79 Å². The van der Waals surface area contributed by atoms with Crippen LogP contribution in [0, 0.1) is 6.92 Å². The number of rotatable bonds is 6. The van der Waals surface area contributed by atoms with Gasteiger partial charge in [-0.15, -0.1) is 10.2 Å². The fourth-order valence-electron chi connectivity index (χ4n) is 2.86. The number of carbonyl (C=O) groups excluding carboxylic acids is 1. The lowest BCUT2D eigenvalue weighted by Crippen LogP contribution is -2.30. The lowest BCUT2D eigenvalue weighted by Gasteiger charge is -2.10. The standard InChI is InChI=1S/C21H20N4O2S/c1-13-7-9-15(10-8-13)11-23-19(26)14(2)28-21-25-24-20(27-21)17-12-22-18-6-4-3-5-16(17)18/h3-10,12,14,22H,11H2,1-2H3,(H,23,26)/t14-/m0/s1. The van der Waals surface area contributed by atoms with Gasteiger partial charge in [-0.25, -0.2) is 0 Å². The van der Waals surface area contributed by atoms with E-state index in [0.29, 0.717) is 17.7 Å². The quantitative estimate of drug-likeness (QED) is 0.477. The normalized spacial score (nSPS) is 12.2. The average Bonchev–Trinajstić information content (AvgIpc) is 3.34. The highest BCUT2D eigenvalue weighted by Crippen LogP contribution is 2.30. The van der Waals surface area contributed by atoms with Crippen LogP contribution in [-0.2, 0) is 11.3 Å². The highest BCUT2D eigenvalue weighted by atomic mass is 32.2. The first-order valence-corrected chi connectivity index (χ1v) is 9.88.